The molecule has 3 heteroatoms. The van der Waals surface area contributed by atoms with Crippen LogP contribution in [0.15, 0.2) is 91.0 Å². The summed E-state index contributed by atoms with van der Waals surface area (Å²) in [6.45, 7) is 3.15. The minimum absolute atomic E-state index is 0.0117. The number of hydrogen-bond acceptors (Lipinski definition) is 3. The van der Waals surface area contributed by atoms with E-state index in [1.807, 2.05) is 91.0 Å². The van der Waals surface area contributed by atoms with Gasteiger partial charge in [0.2, 0.25) is 0 Å². The SMILES string of the molecule is CC(C)(O)C(O)COC(c1ccccc1)(c1ccccc1)c1ccccc1. The fourth-order valence-corrected chi connectivity index (χ4v) is 3.18. The van der Waals surface area contributed by atoms with Gasteiger partial charge in [0.05, 0.1) is 12.2 Å². The Kier molecular flexibility index (Phi) is 5.76. The highest BCUT2D eigenvalue weighted by Crippen LogP contribution is 2.40. The predicted octanol–water partition coefficient (Wildman–Crippen LogP) is 4.13. The van der Waals surface area contributed by atoms with Crippen molar-refractivity contribution in [3.8, 4) is 0 Å². The largest absolute Gasteiger partial charge is 0.388 e. The Morgan fingerprint density at radius 1 is 0.704 bits per heavy atom. The first-order valence-corrected chi connectivity index (χ1v) is 9.15. The fourth-order valence-electron chi connectivity index (χ4n) is 3.18. The van der Waals surface area contributed by atoms with Gasteiger partial charge in [0, 0.05) is 0 Å². The standard InChI is InChI=1S/C24H26O3/c1-23(2,26)22(25)18-27-24(19-12-6-3-7-13-19,20-14-8-4-9-15-20)21-16-10-5-11-17-21/h3-17,22,25-26H,18H2,1-2H3. The molecular weight excluding hydrogens is 336 g/mol. The van der Waals surface area contributed by atoms with Gasteiger partial charge in [-0.2, -0.15) is 0 Å². The lowest BCUT2D eigenvalue weighted by Gasteiger charge is -2.37. The summed E-state index contributed by atoms with van der Waals surface area (Å²) in [4.78, 5) is 0. The lowest BCUT2D eigenvalue weighted by Crippen LogP contribution is -2.43. The summed E-state index contributed by atoms with van der Waals surface area (Å²) >= 11 is 0. The van der Waals surface area contributed by atoms with E-state index in [1.54, 1.807) is 13.8 Å². The summed E-state index contributed by atoms with van der Waals surface area (Å²) in [7, 11) is 0. The predicted molar refractivity (Wildman–Crippen MR) is 107 cm³/mol. The average Bonchev–Trinajstić information content (AvgIpc) is 2.70. The zero-order valence-corrected chi connectivity index (χ0v) is 15.7. The third-order valence-electron chi connectivity index (χ3n) is 4.81. The van der Waals surface area contributed by atoms with Crippen molar-refractivity contribution < 1.29 is 14.9 Å². The van der Waals surface area contributed by atoms with Crippen molar-refractivity contribution >= 4 is 0 Å². The van der Waals surface area contributed by atoms with E-state index in [9.17, 15) is 10.2 Å². The Morgan fingerprint density at radius 3 is 1.33 bits per heavy atom. The molecule has 0 saturated heterocycles. The van der Waals surface area contributed by atoms with E-state index in [4.69, 9.17) is 4.74 Å². The number of ether oxygens (including phenoxy) is 1. The Morgan fingerprint density at radius 2 is 1.04 bits per heavy atom. The smallest absolute Gasteiger partial charge is 0.143 e. The summed E-state index contributed by atoms with van der Waals surface area (Å²) in [5.74, 6) is 0. The van der Waals surface area contributed by atoms with Crippen molar-refractivity contribution in [3.63, 3.8) is 0 Å². The van der Waals surface area contributed by atoms with E-state index in [1.165, 1.54) is 0 Å². The summed E-state index contributed by atoms with van der Waals surface area (Å²) in [6.07, 6.45) is -1.02. The van der Waals surface area contributed by atoms with Gasteiger partial charge in [0.25, 0.3) is 0 Å². The summed E-state index contributed by atoms with van der Waals surface area (Å²) in [5.41, 5.74) is 0.743. The molecule has 0 heterocycles. The molecule has 0 saturated carbocycles. The molecule has 3 aromatic rings. The van der Waals surface area contributed by atoms with Crippen molar-refractivity contribution in [2.24, 2.45) is 0 Å². The Labute approximate surface area is 160 Å². The molecule has 0 amide bonds. The van der Waals surface area contributed by atoms with Crippen LogP contribution in [0.5, 0.6) is 0 Å². The van der Waals surface area contributed by atoms with Crippen LogP contribution in [0.4, 0.5) is 0 Å². The van der Waals surface area contributed by atoms with Crippen LogP contribution in [-0.4, -0.2) is 28.5 Å². The van der Waals surface area contributed by atoms with Crippen LogP contribution in [0.3, 0.4) is 0 Å². The molecule has 0 aliphatic rings. The second kappa shape index (κ2) is 8.05. The van der Waals surface area contributed by atoms with Crippen molar-refractivity contribution in [1.29, 1.82) is 0 Å². The Hall–Kier alpha value is -2.46. The molecule has 0 aliphatic carbocycles. The Bertz CT molecular complexity index is 727. The molecule has 0 radical (unpaired) electrons. The lowest BCUT2D eigenvalue weighted by atomic mass is 9.80. The zero-order valence-electron chi connectivity index (χ0n) is 15.7. The van der Waals surface area contributed by atoms with Gasteiger partial charge in [0.1, 0.15) is 11.7 Å². The minimum Gasteiger partial charge on any atom is -0.388 e. The third kappa shape index (κ3) is 4.11. The second-order valence-electron chi connectivity index (χ2n) is 7.26. The van der Waals surface area contributed by atoms with Gasteiger partial charge in [-0.25, -0.2) is 0 Å². The molecule has 3 nitrogen and oxygen atoms in total. The lowest BCUT2D eigenvalue weighted by molar-refractivity contribution is -0.112. The molecule has 0 fully saturated rings. The number of aliphatic hydroxyl groups is 2. The summed E-state index contributed by atoms with van der Waals surface area (Å²) in [6, 6.07) is 29.9. The van der Waals surface area contributed by atoms with Gasteiger partial charge in [-0.05, 0) is 30.5 Å². The summed E-state index contributed by atoms with van der Waals surface area (Å²) in [5, 5.41) is 20.6. The number of aliphatic hydroxyl groups excluding tert-OH is 1. The van der Waals surface area contributed by atoms with Crippen molar-refractivity contribution in [2.75, 3.05) is 6.61 Å². The van der Waals surface area contributed by atoms with Crippen LogP contribution in [-0.2, 0) is 10.3 Å². The van der Waals surface area contributed by atoms with Crippen LogP contribution >= 0.6 is 0 Å². The number of benzene rings is 3. The molecule has 0 bridgehead atoms. The second-order valence-corrected chi connectivity index (χ2v) is 7.26. The molecule has 140 valence electrons. The average molecular weight is 362 g/mol. The van der Waals surface area contributed by atoms with Gasteiger partial charge < -0.3 is 14.9 Å². The first-order valence-electron chi connectivity index (χ1n) is 9.15. The summed E-state index contributed by atoms with van der Waals surface area (Å²) < 4.78 is 6.47. The van der Waals surface area contributed by atoms with Gasteiger partial charge in [-0.3, -0.25) is 0 Å². The zero-order chi connectivity index (χ0) is 19.3. The van der Waals surface area contributed by atoms with Crippen LogP contribution < -0.4 is 0 Å². The quantitative estimate of drug-likeness (QED) is 0.622. The van der Waals surface area contributed by atoms with Crippen molar-refractivity contribution in [1.82, 2.24) is 0 Å². The van der Waals surface area contributed by atoms with Crippen LogP contribution in [0.1, 0.15) is 30.5 Å². The van der Waals surface area contributed by atoms with Crippen LogP contribution in [0.2, 0.25) is 0 Å². The van der Waals surface area contributed by atoms with Gasteiger partial charge in [0.15, 0.2) is 0 Å². The molecule has 0 aliphatic heterocycles. The molecular formula is C24H26O3. The minimum atomic E-state index is -1.25. The molecule has 3 aromatic carbocycles. The number of hydrogen-bond donors (Lipinski definition) is 2. The van der Waals surface area contributed by atoms with E-state index < -0.39 is 17.3 Å². The van der Waals surface area contributed by atoms with E-state index in [2.05, 4.69) is 0 Å². The number of rotatable bonds is 7. The monoisotopic (exact) mass is 362 g/mol. The Balaban J connectivity index is 2.17. The highest BCUT2D eigenvalue weighted by molar-refractivity contribution is 5.47. The van der Waals surface area contributed by atoms with Crippen molar-refractivity contribution in [2.45, 2.75) is 31.2 Å². The van der Waals surface area contributed by atoms with Crippen molar-refractivity contribution in [3.05, 3.63) is 108 Å². The molecule has 2 N–H and O–H groups in total. The normalized spacial score (nSPS) is 13.3. The first-order chi connectivity index (χ1) is 12.9. The van der Waals surface area contributed by atoms with E-state index in [0.29, 0.717) is 0 Å². The maximum absolute atomic E-state index is 10.4. The third-order valence-corrected chi connectivity index (χ3v) is 4.81. The molecule has 1 unspecified atom stereocenters. The topological polar surface area (TPSA) is 49.7 Å². The van der Waals surface area contributed by atoms with Gasteiger partial charge in [-0.15, -0.1) is 0 Å². The molecule has 0 aromatic heterocycles. The van der Waals surface area contributed by atoms with Gasteiger partial charge in [-0.1, -0.05) is 91.0 Å². The maximum Gasteiger partial charge on any atom is 0.143 e. The highest BCUT2D eigenvalue weighted by Gasteiger charge is 2.39. The van der Waals surface area contributed by atoms with Crippen LogP contribution in [0.25, 0.3) is 0 Å². The molecule has 3 rings (SSSR count). The molecule has 27 heavy (non-hydrogen) atoms. The van der Waals surface area contributed by atoms with Crippen LogP contribution in [0, 0.1) is 0 Å². The first kappa shape index (κ1) is 19.3. The van der Waals surface area contributed by atoms with E-state index in [0.717, 1.165) is 16.7 Å². The van der Waals surface area contributed by atoms with Gasteiger partial charge >= 0.3 is 0 Å². The van der Waals surface area contributed by atoms with E-state index in [-0.39, 0.29) is 6.61 Å². The molecule has 1 atom stereocenters. The maximum atomic E-state index is 10.4. The van der Waals surface area contributed by atoms with E-state index >= 15 is 0 Å². The molecule has 0 spiro atoms. The highest BCUT2D eigenvalue weighted by atomic mass is 16.5. The fraction of sp³-hybridized carbons (Fsp3) is 0.250.